The summed E-state index contributed by atoms with van der Waals surface area (Å²) in [6.07, 6.45) is 3.11. The lowest BCUT2D eigenvalue weighted by atomic mass is 9.93. The van der Waals surface area contributed by atoms with Crippen LogP contribution in [0.2, 0.25) is 0 Å². The van der Waals surface area contributed by atoms with Gasteiger partial charge < -0.3 is 29.1 Å². The van der Waals surface area contributed by atoms with E-state index in [1.165, 1.54) is 4.90 Å². The first-order chi connectivity index (χ1) is 17.7. The minimum atomic E-state index is -0.774. The number of methoxy groups -OCH3 is 2. The number of likely N-dealkylation sites (N-methyl/N-ethyl adjacent to an activating group) is 1. The zero-order chi connectivity index (χ0) is 27.1. The summed E-state index contributed by atoms with van der Waals surface area (Å²) in [4.78, 5) is 30.0. The summed E-state index contributed by atoms with van der Waals surface area (Å²) in [5, 5.41) is 11.4. The maximum Gasteiger partial charge on any atom is 0.295 e. The first kappa shape index (κ1) is 28.1. The third kappa shape index (κ3) is 6.25. The molecule has 1 amide bonds. The fraction of sp³-hybridized carbons (Fsp3) is 0.448. The van der Waals surface area contributed by atoms with Crippen LogP contribution in [0.3, 0.4) is 0 Å². The summed E-state index contributed by atoms with van der Waals surface area (Å²) in [5.74, 6) is 0.172. The molecule has 1 heterocycles. The number of unbranched alkanes of at least 4 members (excludes halogenated alkanes) is 2. The molecular weight excluding hydrogens is 472 g/mol. The number of hydrogen-bond acceptors (Lipinski definition) is 7. The molecule has 0 aliphatic carbocycles. The van der Waals surface area contributed by atoms with Gasteiger partial charge in [0.1, 0.15) is 11.5 Å². The Labute approximate surface area is 219 Å². The van der Waals surface area contributed by atoms with Gasteiger partial charge in [-0.3, -0.25) is 9.59 Å². The highest BCUT2D eigenvalue weighted by Crippen LogP contribution is 2.42. The smallest absolute Gasteiger partial charge is 0.295 e. The standard InChI is InChI=1S/C29H38N2O6/c1-7-8-9-16-37-23-13-10-20(18-24(23)36-6)26-25(28(33)29(34)31(26)15-14-30(3)4)27(32)22-12-11-21(35-5)17-19(22)2/h10-13,17-18,26,32H,7-9,14-16H2,1-6H3. The minimum Gasteiger partial charge on any atom is -0.507 e. The molecule has 1 atom stereocenters. The van der Waals surface area contributed by atoms with Gasteiger partial charge in [0.15, 0.2) is 11.5 Å². The summed E-state index contributed by atoms with van der Waals surface area (Å²) in [6, 6.07) is 9.82. The van der Waals surface area contributed by atoms with E-state index in [1.807, 2.05) is 32.0 Å². The van der Waals surface area contributed by atoms with Gasteiger partial charge in [0.05, 0.1) is 32.4 Å². The highest BCUT2D eigenvalue weighted by atomic mass is 16.5. The summed E-state index contributed by atoms with van der Waals surface area (Å²) in [6.45, 7) is 5.40. The van der Waals surface area contributed by atoms with Crippen molar-refractivity contribution < 1.29 is 28.9 Å². The molecule has 3 rings (SSSR count). The van der Waals surface area contributed by atoms with E-state index in [2.05, 4.69) is 6.92 Å². The SMILES string of the molecule is CCCCCOc1ccc(C2C(=C(O)c3ccc(OC)cc3C)C(=O)C(=O)N2CCN(C)C)cc1OC. The van der Waals surface area contributed by atoms with E-state index in [0.717, 1.165) is 24.8 Å². The Morgan fingerprint density at radius 2 is 1.78 bits per heavy atom. The molecule has 1 fully saturated rings. The van der Waals surface area contributed by atoms with Crippen LogP contribution in [0.4, 0.5) is 0 Å². The van der Waals surface area contributed by atoms with E-state index in [0.29, 0.717) is 48.1 Å². The topological polar surface area (TPSA) is 88.5 Å². The maximum atomic E-state index is 13.3. The predicted molar refractivity (Wildman–Crippen MR) is 143 cm³/mol. The molecule has 8 heteroatoms. The van der Waals surface area contributed by atoms with Crippen LogP contribution in [-0.4, -0.2) is 74.6 Å². The molecule has 0 radical (unpaired) electrons. The minimum absolute atomic E-state index is 0.0516. The van der Waals surface area contributed by atoms with Crippen LogP contribution >= 0.6 is 0 Å². The van der Waals surface area contributed by atoms with E-state index in [-0.39, 0.29) is 11.3 Å². The van der Waals surface area contributed by atoms with Crippen molar-refractivity contribution in [3.63, 3.8) is 0 Å². The molecule has 1 saturated heterocycles. The molecule has 1 unspecified atom stereocenters. The normalized spacial score (nSPS) is 16.9. The first-order valence-corrected chi connectivity index (χ1v) is 12.6. The summed E-state index contributed by atoms with van der Waals surface area (Å²) in [5.41, 5.74) is 1.90. The van der Waals surface area contributed by atoms with E-state index in [1.54, 1.807) is 44.6 Å². The number of ketones is 1. The lowest BCUT2D eigenvalue weighted by Crippen LogP contribution is -2.35. The Hall–Kier alpha value is -3.52. The molecule has 2 aromatic rings. The number of rotatable bonds is 12. The number of nitrogens with zero attached hydrogens (tertiary/aromatic N) is 2. The van der Waals surface area contributed by atoms with Gasteiger partial charge in [0.2, 0.25) is 0 Å². The Kier molecular flexibility index (Phi) is 9.58. The zero-order valence-electron chi connectivity index (χ0n) is 22.7. The number of aliphatic hydroxyl groups is 1. The lowest BCUT2D eigenvalue weighted by molar-refractivity contribution is -0.140. The quantitative estimate of drug-likeness (QED) is 0.194. The van der Waals surface area contributed by atoms with Crippen LogP contribution in [0.1, 0.15) is 48.9 Å². The Balaban J connectivity index is 2.10. The average molecular weight is 511 g/mol. The molecule has 8 nitrogen and oxygen atoms in total. The van der Waals surface area contributed by atoms with Crippen LogP contribution in [0.25, 0.3) is 5.76 Å². The van der Waals surface area contributed by atoms with Gasteiger partial charge in [-0.15, -0.1) is 0 Å². The van der Waals surface area contributed by atoms with Crippen molar-refractivity contribution in [1.29, 1.82) is 0 Å². The van der Waals surface area contributed by atoms with Crippen molar-refractivity contribution >= 4 is 17.4 Å². The Bertz CT molecular complexity index is 1160. The number of carbonyl (C=O) groups excluding carboxylic acids is 2. The van der Waals surface area contributed by atoms with E-state index >= 15 is 0 Å². The highest BCUT2D eigenvalue weighted by Gasteiger charge is 2.46. The van der Waals surface area contributed by atoms with Crippen LogP contribution in [-0.2, 0) is 9.59 Å². The third-order valence-corrected chi connectivity index (χ3v) is 6.53. The highest BCUT2D eigenvalue weighted by molar-refractivity contribution is 6.46. The second kappa shape index (κ2) is 12.6. The zero-order valence-corrected chi connectivity index (χ0v) is 22.7. The maximum absolute atomic E-state index is 13.3. The number of aryl methyl sites for hydroxylation is 1. The van der Waals surface area contributed by atoms with Crippen molar-refractivity contribution in [2.75, 3.05) is 48.0 Å². The largest absolute Gasteiger partial charge is 0.507 e. The molecule has 200 valence electrons. The van der Waals surface area contributed by atoms with Gasteiger partial charge in [-0.25, -0.2) is 0 Å². The van der Waals surface area contributed by atoms with Gasteiger partial charge in [-0.1, -0.05) is 25.8 Å². The monoisotopic (exact) mass is 510 g/mol. The van der Waals surface area contributed by atoms with Crippen molar-refractivity contribution in [3.05, 3.63) is 58.7 Å². The fourth-order valence-electron chi connectivity index (χ4n) is 4.45. The second-order valence-electron chi connectivity index (χ2n) is 9.44. The van der Waals surface area contributed by atoms with Crippen LogP contribution in [0.15, 0.2) is 42.0 Å². The number of ether oxygens (including phenoxy) is 3. The van der Waals surface area contributed by atoms with Gasteiger partial charge in [-0.2, -0.15) is 0 Å². The Morgan fingerprint density at radius 3 is 2.41 bits per heavy atom. The fourth-order valence-corrected chi connectivity index (χ4v) is 4.45. The van der Waals surface area contributed by atoms with Crippen molar-refractivity contribution in [1.82, 2.24) is 9.80 Å². The molecule has 1 aliphatic heterocycles. The van der Waals surface area contributed by atoms with Crippen molar-refractivity contribution in [3.8, 4) is 17.2 Å². The molecular formula is C29H38N2O6. The van der Waals surface area contributed by atoms with Gasteiger partial charge in [-0.05, 0) is 68.9 Å². The average Bonchev–Trinajstić information content (AvgIpc) is 3.14. The number of hydrogen-bond donors (Lipinski definition) is 1. The number of Topliss-reactive ketones (excluding diaryl/α,β-unsaturated/α-hetero) is 1. The molecule has 0 spiro atoms. The van der Waals surface area contributed by atoms with Crippen molar-refractivity contribution in [2.24, 2.45) is 0 Å². The molecule has 0 aromatic heterocycles. The number of carbonyl (C=O) groups is 2. The number of amides is 1. The van der Waals surface area contributed by atoms with Crippen molar-refractivity contribution in [2.45, 2.75) is 39.2 Å². The summed E-state index contributed by atoms with van der Waals surface area (Å²) >= 11 is 0. The summed E-state index contributed by atoms with van der Waals surface area (Å²) < 4.78 is 16.8. The van der Waals surface area contributed by atoms with Gasteiger partial charge in [0.25, 0.3) is 11.7 Å². The van der Waals surface area contributed by atoms with Gasteiger partial charge in [0, 0.05) is 18.7 Å². The second-order valence-corrected chi connectivity index (χ2v) is 9.44. The number of benzene rings is 2. The molecule has 1 N–H and O–H groups in total. The molecule has 1 aliphatic rings. The Morgan fingerprint density at radius 1 is 1.03 bits per heavy atom. The first-order valence-electron chi connectivity index (χ1n) is 12.6. The third-order valence-electron chi connectivity index (χ3n) is 6.53. The van der Waals surface area contributed by atoms with E-state index in [9.17, 15) is 14.7 Å². The van der Waals surface area contributed by atoms with Crippen LogP contribution in [0, 0.1) is 6.92 Å². The van der Waals surface area contributed by atoms with Gasteiger partial charge >= 0.3 is 0 Å². The molecule has 0 bridgehead atoms. The predicted octanol–water partition coefficient (Wildman–Crippen LogP) is 4.56. The number of likely N-dealkylation sites (tertiary alicyclic amines) is 1. The molecule has 2 aromatic carbocycles. The van der Waals surface area contributed by atoms with E-state index in [4.69, 9.17) is 14.2 Å². The van der Waals surface area contributed by atoms with Crippen LogP contribution < -0.4 is 14.2 Å². The summed E-state index contributed by atoms with van der Waals surface area (Å²) in [7, 11) is 6.93. The number of aliphatic hydroxyl groups excluding tert-OH is 1. The molecule has 0 saturated carbocycles. The molecule has 37 heavy (non-hydrogen) atoms. The lowest BCUT2D eigenvalue weighted by Gasteiger charge is -2.27. The van der Waals surface area contributed by atoms with E-state index < -0.39 is 17.7 Å². The van der Waals surface area contributed by atoms with Crippen LogP contribution in [0.5, 0.6) is 17.2 Å².